The first-order valence-corrected chi connectivity index (χ1v) is 5.36. The number of carbonyl (C=O) groups is 1. The Labute approximate surface area is 99.7 Å². The molecule has 0 aliphatic rings. The van der Waals surface area contributed by atoms with Gasteiger partial charge < -0.3 is 5.32 Å². The van der Waals surface area contributed by atoms with Crippen LogP contribution in [0.15, 0.2) is 42.7 Å². The molecule has 0 saturated carbocycles. The van der Waals surface area contributed by atoms with Gasteiger partial charge in [-0.15, -0.1) is 0 Å². The lowest BCUT2D eigenvalue weighted by molar-refractivity contribution is 0.0940. The van der Waals surface area contributed by atoms with Crippen molar-refractivity contribution in [3.05, 3.63) is 59.7 Å². The number of nitrogens with one attached hydrogen (secondary N) is 1. The quantitative estimate of drug-likeness (QED) is 0.868. The van der Waals surface area contributed by atoms with Crippen molar-refractivity contribution >= 4 is 5.91 Å². The van der Waals surface area contributed by atoms with Crippen molar-refractivity contribution in [2.45, 2.75) is 13.5 Å². The van der Waals surface area contributed by atoms with Crippen LogP contribution >= 0.6 is 0 Å². The van der Waals surface area contributed by atoms with Gasteiger partial charge in [0.05, 0.1) is 0 Å². The first-order valence-electron chi connectivity index (χ1n) is 5.36. The zero-order valence-corrected chi connectivity index (χ0v) is 9.55. The second-order valence-electron chi connectivity index (χ2n) is 3.74. The van der Waals surface area contributed by atoms with Crippen LogP contribution in [0.3, 0.4) is 0 Å². The summed E-state index contributed by atoms with van der Waals surface area (Å²) < 4.78 is 0. The Bertz CT molecular complexity index is 511. The van der Waals surface area contributed by atoms with Crippen LogP contribution in [-0.4, -0.2) is 15.9 Å². The summed E-state index contributed by atoms with van der Waals surface area (Å²) in [6, 6.07) is 9.67. The minimum atomic E-state index is -0.257. The Morgan fingerprint density at radius 3 is 2.71 bits per heavy atom. The van der Waals surface area contributed by atoms with E-state index in [2.05, 4.69) is 15.3 Å². The minimum Gasteiger partial charge on any atom is -0.345 e. The van der Waals surface area contributed by atoms with Crippen LogP contribution in [0.2, 0.25) is 0 Å². The summed E-state index contributed by atoms with van der Waals surface area (Å²) in [5.74, 6) is -0.0627. The Morgan fingerprint density at radius 1 is 1.24 bits per heavy atom. The van der Waals surface area contributed by atoms with E-state index in [1.807, 2.05) is 31.2 Å². The molecule has 1 aromatic heterocycles. The van der Waals surface area contributed by atoms with Crippen LogP contribution in [-0.2, 0) is 6.54 Å². The molecular weight excluding hydrogens is 214 g/mol. The summed E-state index contributed by atoms with van der Waals surface area (Å²) in [6.07, 6.45) is 3.10. The fourth-order valence-electron chi connectivity index (χ4n) is 1.50. The Balaban J connectivity index is 1.97. The van der Waals surface area contributed by atoms with E-state index in [9.17, 15) is 4.79 Å². The highest BCUT2D eigenvalue weighted by Crippen LogP contribution is 2.03. The number of rotatable bonds is 3. The lowest BCUT2D eigenvalue weighted by Crippen LogP contribution is -2.24. The first-order chi connectivity index (χ1) is 8.25. The third-order valence-electron chi connectivity index (χ3n) is 2.30. The van der Waals surface area contributed by atoms with Gasteiger partial charge in [-0.1, -0.05) is 29.8 Å². The summed E-state index contributed by atoms with van der Waals surface area (Å²) in [4.78, 5) is 19.4. The molecule has 0 spiro atoms. The van der Waals surface area contributed by atoms with E-state index in [0.717, 1.165) is 5.56 Å². The zero-order valence-electron chi connectivity index (χ0n) is 9.55. The third-order valence-corrected chi connectivity index (χ3v) is 2.30. The molecule has 86 valence electrons. The number of hydrogen-bond acceptors (Lipinski definition) is 3. The molecule has 0 aliphatic carbocycles. The van der Waals surface area contributed by atoms with E-state index in [-0.39, 0.29) is 11.7 Å². The van der Waals surface area contributed by atoms with Gasteiger partial charge in [0.1, 0.15) is 0 Å². The summed E-state index contributed by atoms with van der Waals surface area (Å²) in [5, 5.41) is 2.78. The average molecular weight is 227 g/mol. The molecule has 2 rings (SSSR count). The van der Waals surface area contributed by atoms with Gasteiger partial charge in [-0.05, 0) is 18.6 Å². The van der Waals surface area contributed by atoms with Crippen LogP contribution in [0.25, 0.3) is 0 Å². The summed E-state index contributed by atoms with van der Waals surface area (Å²) in [6.45, 7) is 2.50. The van der Waals surface area contributed by atoms with Gasteiger partial charge in [-0.2, -0.15) is 0 Å². The van der Waals surface area contributed by atoms with Gasteiger partial charge in [0, 0.05) is 18.9 Å². The summed E-state index contributed by atoms with van der Waals surface area (Å²) >= 11 is 0. The largest absolute Gasteiger partial charge is 0.345 e. The van der Waals surface area contributed by atoms with Crippen molar-refractivity contribution in [2.24, 2.45) is 0 Å². The maximum absolute atomic E-state index is 11.7. The minimum absolute atomic E-state index is 0.195. The number of aryl methyl sites for hydroxylation is 1. The molecule has 4 heteroatoms. The van der Waals surface area contributed by atoms with Crippen molar-refractivity contribution < 1.29 is 4.79 Å². The van der Waals surface area contributed by atoms with Gasteiger partial charge in [0.15, 0.2) is 0 Å². The van der Waals surface area contributed by atoms with Crippen molar-refractivity contribution in [1.29, 1.82) is 0 Å². The molecule has 2 aromatic rings. The maximum Gasteiger partial charge on any atom is 0.289 e. The van der Waals surface area contributed by atoms with E-state index in [0.29, 0.717) is 6.54 Å². The van der Waals surface area contributed by atoms with E-state index in [1.165, 1.54) is 5.56 Å². The fraction of sp³-hybridized carbons (Fsp3) is 0.154. The molecule has 0 bridgehead atoms. The molecule has 0 saturated heterocycles. The highest BCUT2D eigenvalue weighted by molar-refractivity contribution is 5.90. The van der Waals surface area contributed by atoms with Crippen LogP contribution < -0.4 is 5.32 Å². The van der Waals surface area contributed by atoms with Gasteiger partial charge >= 0.3 is 0 Å². The predicted octanol–water partition coefficient (Wildman–Crippen LogP) is 1.72. The Kier molecular flexibility index (Phi) is 3.45. The highest BCUT2D eigenvalue weighted by atomic mass is 16.2. The number of amides is 1. The second kappa shape index (κ2) is 5.21. The summed E-state index contributed by atoms with van der Waals surface area (Å²) in [7, 11) is 0. The van der Waals surface area contributed by atoms with Crippen molar-refractivity contribution in [3.63, 3.8) is 0 Å². The predicted molar refractivity (Wildman–Crippen MR) is 64.4 cm³/mol. The SMILES string of the molecule is Cc1cccc(CNC(=O)c2ncccn2)c1. The molecule has 0 unspecified atom stereocenters. The molecule has 4 nitrogen and oxygen atoms in total. The van der Waals surface area contributed by atoms with Crippen molar-refractivity contribution in [2.75, 3.05) is 0 Å². The molecule has 1 heterocycles. The van der Waals surface area contributed by atoms with Crippen molar-refractivity contribution in [3.8, 4) is 0 Å². The molecule has 0 fully saturated rings. The fourth-order valence-corrected chi connectivity index (χ4v) is 1.50. The van der Waals surface area contributed by atoms with Gasteiger partial charge in [-0.3, -0.25) is 4.79 Å². The number of hydrogen-bond donors (Lipinski definition) is 1. The molecule has 0 aliphatic heterocycles. The maximum atomic E-state index is 11.7. The highest BCUT2D eigenvalue weighted by Gasteiger charge is 2.06. The topological polar surface area (TPSA) is 54.9 Å². The standard InChI is InChI=1S/C13H13N3O/c1-10-4-2-5-11(8-10)9-16-13(17)12-14-6-3-7-15-12/h2-8H,9H2,1H3,(H,16,17). The van der Waals surface area contributed by atoms with Crippen LogP contribution in [0.1, 0.15) is 21.7 Å². The molecule has 1 amide bonds. The lowest BCUT2D eigenvalue weighted by Gasteiger charge is -2.04. The van der Waals surface area contributed by atoms with Crippen LogP contribution in [0.4, 0.5) is 0 Å². The van der Waals surface area contributed by atoms with E-state index >= 15 is 0 Å². The molecule has 1 N–H and O–H groups in total. The summed E-state index contributed by atoms with van der Waals surface area (Å²) in [5.41, 5.74) is 2.24. The van der Waals surface area contributed by atoms with Crippen LogP contribution in [0, 0.1) is 6.92 Å². The van der Waals surface area contributed by atoms with E-state index in [1.54, 1.807) is 18.5 Å². The normalized spacial score (nSPS) is 9.94. The number of benzene rings is 1. The smallest absolute Gasteiger partial charge is 0.289 e. The average Bonchev–Trinajstić information content (AvgIpc) is 2.37. The Hall–Kier alpha value is -2.23. The lowest BCUT2D eigenvalue weighted by atomic mass is 10.1. The second-order valence-corrected chi connectivity index (χ2v) is 3.74. The number of carbonyl (C=O) groups excluding carboxylic acids is 1. The number of nitrogens with zero attached hydrogens (tertiary/aromatic N) is 2. The third kappa shape index (κ3) is 3.11. The zero-order chi connectivity index (χ0) is 12.1. The van der Waals surface area contributed by atoms with Gasteiger partial charge in [0.2, 0.25) is 5.82 Å². The Morgan fingerprint density at radius 2 is 2.00 bits per heavy atom. The first kappa shape index (κ1) is 11.3. The van der Waals surface area contributed by atoms with Gasteiger partial charge in [0.25, 0.3) is 5.91 Å². The monoisotopic (exact) mass is 227 g/mol. The van der Waals surface area contributed by atoms with Crippen LogP contribution in [0.5, 0.6) is 0 Å². The van der Waals surface area contributed by atoms with E-state index in [4.69, 9.17) is 0 Å². The van der Waals surface area contributed by atoms with E-state index < -0.39 is 0 Å². The van der Waals surface area contributed by atoms with Gasteiger partial charge in [-0.25, -0.2) is 9.97 Å². The number of aromatic nitrogens is 2. The molecule has 0 atom stereocenters. The molecule has 0 radical (unpaired) electrons. The molecular formula is C13H13N3O. The molecule has 1 aromatic carbocycles. The van der Waals surface area contributed by atoms with Crippen molar-refractivity contribution in [1.82, 2.24) is 15.3 Å². The molecule has 17 heavy (non-hydrogen) atoms.